The van der Waals surface area contributed by atoms with Crippen LogP contribution >= 0.6 is 0 Å². The van der Waals surface area contributed by atoms with Crippen LogP contribution < -0.4 is 0 Å². The molecule has 27 heavy (non-hydrogen) atoms. The molecule has 2 aromatic rings. The Morgan fingerprint density at radius 3 is 0.704 bits per heavy atom. The van der Waals surface area contributed by atoms with Gasteiger partial charge in [0.25, 0.3) is 0 Å². The normalized spacial score (nSPS) is 7.74. The van der Waals surface area contributed by atoms with E-state index in [9.17, 15) is 0 Å². The van der Waals surface area contributed by atoms with Crippen LogP contribution in [0.2, 0.25) is 0 Å². The van der Waals surface area contributed by atoms with E-state index in [0.717, 1.165) is 32.0 Å². The Morgan fingerprint density at radius 2 is 0.630 bits per heavy atom. The Morgan fingerprint density at radius 1 is 0.519 bits per heavy atom. The molecule has 1 heteroatoms. The van der Waals surface area contributed by atoms with Gasteiger partial charge in [-0.05, 0) is 54.9 Å². The summed E-state index contributed by atoms with van der Waals surface area (Å²) in [6, 6.07) is 17.7. The number of hydrogen-bond acceptors (Lipinski definition) is 1. The van der Waals surface area contributed by atoms with Crippen LogP contribution in [0.3, 0.4) is 0 Å². The van der Waals surface area contributed by atoms with Crippen LogP contribution in [0.4, 0.5) is 0 Å². The van der Waals surface area contributed by atoms with Gasteiger partial charge in [0.05, 0.1) is 0 Å². The van der Waals surface area contributed by atoms with Crippen LogP contribution in [0.15, 0.2) is 48.5 Å². The van der Waals surface area contributed by atoms with Gasteiger partial charge in [-0.3, -0.25) is 0 Å². The third-order valence-corrected chi connectivity index (χ3v) is 3.68. The maximum absolute atomic E-state index is 8.81. The molecule has 0 unspecified atom stereocenters. The van der Waals surface area contributed by atoms with Gasteiger partial charge in [0.2, 0.25) is 0 Å². The van der Waals surface area contributed by atoms with E-state index in [4.69, 9.17) is 4.79 Å². The van der Waals surface area contributed by atoms with Crippen molar-refractivity contribution in [2.24, 2.45) is 0 Å². The van der Waals surface area contributed by atoms with Crippen LogP contribution in [0.1, 0.15) is 86.6 Å². The standard InChI is InChI=1S/2C10H14.C2H4O.4CH4/c2*1-3-9-5-7-10(4-2)8-6-9;1-2-3;;;;/h2*5-8H,3-4H2,1-2H3;2H,1H3;4*1H4. The van der Waals surface area contributed by atoms with Gasteiger partial charge in [0, 0.05) is 0 Å². The molecule has 0 amide bonds. The van der Waals surface area contributed by atoms with Gasteiger partial charge in [-0.15, -0.1) is 0 Å². The second kappa shape index (κ2) is 24.1. The van der Waals surface area contributed by atoms with Crippen molar-refractivity contribution in [2.75, 3.05) is 0 Å². The van der Waals surface area contributed by atoms with Crippen molar-refractivity contribution in [3.63, 3.8) is 0 Å². The van der Waals surface area contributed by atoms with Crippen molar-refractivity contribution < 1.29 is 4.79 Å². The quantitative estimate of drug-likeness (QED) is 0.490. The van der Waals surface area contributed by atoms with E-state index >= 15 is 0 Å². The summed E-state index contributed by atoms with van der Waals surface area (Å²) in [6.07, 6.45) is 5.32. The summed E-state index contributed by atoms with van der Waals surface area (Å²) < 4.78 is 0. The van der Waals surface area contributed by atoms with Crippen molar-refractivity contribution >= 4 is 6.29 Å². The van der Waals surface area contributed by atoms with Gasteiger partial charge in [-0.2, -0.15) is 0 Å². The minimum absolute atomic E-state index is 0. The summed E-state index contributed by atoms with van der Waals surface area (Å²) >= 11 is 0. The number of benzene rings is 2. The molecule has 0 aliphatic rings. The first-order valence-electron chi connectivity index (χ1n) is 8.70. The molecule has 158 valence electrons. The topological polar surface area (TPSA) is 17.1 Å². The lowest BCUT2D eigenvalue weighted by Gasteiger charge is -1.97. The van der Waals surface area contributed by atoms with Crippen LogP contribution in [-0.2, 0) is 30.5 Å². The van der Waals surface area contributed by atoms with Gasteiger partial charge in [0.1, 0.15) is 6.29 Å². The highest BCUT2D eigenvalue weighted by Gasteiger charge is 1.89. The molecule has 0 heterocycles. The van der Waals surface area contributed by atoms with E-state index in [2.05, 4.69) is 76.2 Å². The second-order valence-corrected chi connectivity index (χ2v) is 5.28. The van der Waals surface area contributed by atoms with Gasteiger partial charge < -0.3 is 4.79 Å². The largest absolute Gasteiger partial charge is 0.304 e. The molecule has 0 radical (unpaired) electrons. The predicted octanol–water partition coefficient (Wildman–Crippen LogP) is 8.37. The van der Waals surface area contributed by atoms with Crippen molar-refractivity contribution in [3.05, 3.63) is 70.8 Å². The van der Waals surface area contributed by atoms with Crippen molar-refractivity contribution in [1.29, 1.82) is 0 Å². The average Bonchev–Trinajstić information content (AvgIpc) is 2.63. The van der Waals surface area contributed by atoms with E-state index < -0.39 is 0 Å². The zero-order valence-corrected chi connectivity index (χ0v) is 15.4. The predicted molar refractivity (Wildman–Crippen MR) is 129 cm³/mol. The summed E-state index contributed by atoms with van der Waals surface area (Å²) in [5, 5.41) is 0. The van der Waals surface area contributed by atoms with E-state index in [0.29, 0.717) is 0 Å². The first-order chi connectivity index (χ1) is 11.1. The van der Waals surface area contributed by atoms with Gasteiger partial charge in [0.15, 0.2) is 0 Å². The summed E-state index contributed by atoms with van der Waals surface area (Å²) in [5.74, 6) is 0. The van der Waals surface area contributed by atoms with E-state index in [1.54, 1.807) is 0 Å². The zero-order chi connectivity index (χ0) is 17.5. The minimum atomic E-state index is 0. The minimum Gasteiger partial charge on any atom is -0.304 e. The first kappa shape index (κ1) is 36.1. The lowest BCUT2D eigenvalue weighted by molar-refractivity contribution is -0.106. The Labute approximate surface area is 172 Å². The summed E-state index contributed by atoms with van der Waals surface area (Å²) in [4.78, 5) is 8.81. The molecule has 0 aromatic heterocycles. The molecule has 0 saturated heterocycles. The molecule has 0 fully saturated rings. The fourth-order valence-electron chi connectivity index (χ4n) is 2.02. The molecule has 0 bridgehead atoms. The highest BCUT2D eigenvalue weighted by molar-refractivity contribution is 5.44. The molecule has 2 aromatic carbocycles. The summed E-state index contributed by atoms with van der Waals surface area (Å²) in [7, 11) is 0. The van der Waals surface area contributed by atoms with Crippen LogP contribution in [-0.4, -0.2) is 6.29 Å². The van der Waals surface area contributed by atoms with Crippen molar-refractivity contribution in [3.8, 4) is 0 Å². The molecule has 0 atom stereocenters. The SMILES string of the molecule is C.C.C.C.CC=O.CCc1ccc(CC)cc1.CCc1ccc(CC)cc1. The summed E-state index contributed by atoms with van der Waals surface area (Å²) in [6.45, 7) is 10.2. The number of aryl methyl sites for hydroxylation is 4. The van der Waals surface area contributed by atoms with Gasteiger partial charge in [-0.1, -0.05) is 106 Å². The maximum Gasteiger partial charge on any atom is 0.116 e. The smallest absolute Gasteiger partial charge is 0.116 e. The first-order valence-corrected chi connectivity index (χ1v) is 8.70. The summed E-state index contributed by atoms with van der Waals surface area (Å²) in [5.41, 5.74) is 5.71. The number of rotatable bonds is 4. The molecular weight excluding hydrogens is 328 g/mol. The Kier molecular flexibility index (Phi) is 32.2. The molecular formula is C26H48O. The highest BCUT2D eigenvalue weighted by Crippen LogP contribution is 2.05. The number of carbonyl (C=O) groups excluding carboxylic acids is 1. The number of carbonyl (C=O) groups is 1. The lowest BCUT2D eigenvalue weighted by Crippen LogP contribution is -1.81. The number of aldehydes is 1. The van der Waals surface area contributed by atoms with Crippen LogP contribution in [0.25, 0.3) is 0 Å². The maximum atomic E-state index is 8.81. The van der Waals surface area contributed by atoms with Crippen LogP contribution in [0, 0.1) is 0 Å². The fourth-order valence-corrected chi connectivity index (χ4v) is 2.02. The molecule has 0 saturated carbocycles. The Balaban J connectivity index is -0.0000000924. The van der Waals surface area contributed by atoms with Crippen LogP contribution in [0.5, 0.6) is 0 Å². The second-order valence-electron chi connectivity index (χ2n) is 5.28. The number of hydrogen-bond donors (Lipinski definition) is 0. The average molecular weight is 377 g/mol. The Bertz CT molecular complexity index is 415. The molecule has 0 aliphatic carbocycles. The molecule has 0 spiro atoms. The van der Waals surface area contributed by atoms with E-state index in [1.807, 2.05) is 0 Å². The molecule has 1 nitrogen and oxygen atoms in total. The Hall–Kier alpha value is -1.89. The molecule has 0 aliphatic heterocycles. The lowest BCUT2D eigenvalue weighted by atomic mass is 10.1. The third kappa shape index (κ3) is 17.3. The van der Waals surface area contributed by atoms with Crippen molar-refractivity contribution in [1.82, 2.24) is 0 Å². The monoisotopic (exact) mass is 376 g/mol. The molecule has 0 N–H and O–H groups in total. The molecule has 2 rings (SSSR count). The van der Waals surface area contributed by atoms with E-state index in [1.165, 1.54) is 29.2 Å². The highest BCUT2D eigenvalue weighted by atomic mass is 16.1. The van der Waals surface area contributed by atoms with Gasteiger partial charge >= 0.3 is 0 Å². The van der Waals surface area contributed by atoms with Gasteiger partial charge in [-0.25, -0.2) is 0 Å². The third-order valence-electron chi connectivity index (χ3n) is 3.68. The van der Waals surface area contributed by atoms with E-state index in [-0.39, 0.29) is 29.7 Å². The van der Waals surface area contributed by atoms with Crippen molar-refractivity contribution in [2.45, 2.75) is 90.0 Å². The fraction of sp³-hybridized carbons (Fsp3) is 0.500. The zero-order valence-electron chi connectivity index (χ0n) is 15.4.